The molecule has 3 heterocycles. The molecule has 1 atom stereocenters. The van der Waals surface area contributed by atoms with Gasteiger partial charge in [0.1, 0.15) is 5.56 Å². The molecule has 8 heteroatoms. The molecule has 1 spiro atoms. The van der Waals surface area contributed by atoms with Crippen LogP contribution in [-0.2, 0) is 4.79 Å². The van der Waals surface area contributed by atoms with E-state index in [0.717, 1.165) is 19.4 Å². The van der Waals surface area contributed by atoms with E-state index in [1.54, 1.807) is 12.1 Å². The van der Waals surface area contributed by atoms with Gasteiger partial charge in [-0.1, -0.05) is 0 Å². The second kappa shape index (κ2) is 7.49. The van der Waals surface area contributed by atoms with Crippen molar-refractivity contribution in [2.45, 2.75) is 24.8 Å². The molecule has 0 unspecified atom stereocenters. The first kappa shape index (κ1) is 18.4. The highest BCUT2D eigenvalue weighted by Crippen LogP contribution is 2.32. The molecule has 0 aromatic carbocycles. The Bertz CT molecular complexity index is 696. The highest BCUT2D eigenvalue weighted by atomic mass is 16.5. The molecule has 1 aromatic rings. The number of piperazine rings is 1. The van der Waals surface area contributed by atoms with Crippen molar-refractivity contribution in [3.8, 4) is 11.8 Å². The number of carbonyl (C=O) groups is 2. The molecule has 2 amide bonds. The highest BCUT2D eigenvalue weighted by molar-refractivity contribution is 5.96. The summed E-state index contributed by atoms with van der Waals surface area (Å²) in [6.07, 6.45) is 2.06. The zero-order valence-electron chi connectivity index (χ0n) is 15.6. The van der Waals surface area contributed by atoms with Gasteiger partial charge in [-0.25, -0.2) is 0 Å². The van der Waals surface area contributed by atoms with Gasteiger partial charge in [0.25, 0.3) is 5.91 Å². The Labute approximate surface area is 153 Å². The summed E-state index contributed by atoms with van der Waals surface area (Å²) in [5.41, 5.74) is 0.246. The maximum absolute atomic E-state index is 13.1. The smallest absolute Gasteiger partial charge is 0.259 e. The Morgan fingerprint density at radius 3 is 2.77 bits per heavy atom. The lowest BCUT2D eigenvalue weighted by atomic mass is 9.86. The van der Waals surface area contributed by atoms with Gasteiger partial charge in [-0.2, -0.15) is 4.98 Å². The van der Waals surface area contributed by atoms with E-state index in [-0.39, 0.29) is 23.2 Å². The van der Waals surface area contributed by atoms with Crippen molar-refractivity contribution in [2.24, 2.45) is 0 Å². The van der Waals surface area contributed by atoms with Crippen molar-refractivity contribution in [2.75, 3.05) is 47.4 Å². The fraction of sp³-hybridized carbons (Fsp3) is 0.611. The van der Waals surface area contributed by atoms with Gasteiger partial charge < -0.3 is 19.7 Å². The number of rotatable bonds is 3. The Balaban J connectivity index is 1.83. The minimum Gasteiger partial charge on any atom is -0.481 e. The zero-order valence-corrected chi connectivity index (χ0v) is 15.6. The number of likely N-dealkylation sites (N-methyl/N-ethyl adjacent to an activating group) is 1. The molecule has 2 aliphatic heterocycles. The van der Waals surface area contributed by atoms with E-state index >= 15 is 0 Å². The first-order valence-corrected chi connectivity index (χ1v) is 8.85. The minimum absolute atomic E-state index is 0.0831. The van der Waals surface area contributed by atoms with Gasteiger partial charge in [0.15, 0.2) is 0 Å². The summed E-state index contributed by atoms with van der Waals surface area (Å²) in [5, 5.41) is 2.93. The number of amides is 2. The number of hydrogen-bond acceptors (Lipinski definition) is 6. The minimum atomic E-state index is -0.180. The van der Waals surface area contributed by atoms with E-state index in [2.05, 4.69) is 22.2 Å². The molecule has 142 valence electrons. The van der Waals surface area contributed by atoms with Crippen LogP contribution in [0, 0.1) is 0 Å². The number of carbonyl (C=O) groups excluding carboxylic acids is 2. The van der Waals surface area contributed by atoms with Crippen LogP contribution in [0.15, 0.2) is 12.1 Å². The van der Waals surface area contributed by atoms with Crippen molar-refractivity contribution in [3.63, 3.8) is 0 Å². The van der Waals surface area contributed by atoms with Crippen LogP contribution in [0.3, 0.4) is 0 Å². The van der Waals surface area contributed by atoms with Crippen LogP contribution in [-0.4, -0.2) is 79.6 Å². The van der Waals surface area contributed by atoms with Crippen LogP contribution in [0.1, 0.15) is 29.6 Å². The molecule has 1 N–H and O–H groups in total. The molecule has 2 aliphatic rings. The summed E-state index contributed by atoms with van der Waals surface area (Å²) in [6, 6.07) is 3.35. The Hall–Kier alpha value is -2.35. The molecule has 8 nitrogen and oxygen atoms in total. The Morgan fingerprint density at radius 2 is 2.04 bits per heavy atom. The van der Waals surface area contributed by atoms with Crippen molar-refractivity contribution >= 4 is 11.8 Å². The summed E-state index contributed by atoms with van der Waals surface area (Å²) in [5.74, 6) is 0.648. The first-order valence-electron chi connectivity index (χ1n) is 8.85. The third-order valence-electron chi connectivity index (χ3n) is 5.49. The van der Waals surface area contributed by atoms with Gasteiger partial charge >= 0.3 is 0 Å². The van der Waals surface area contributed by atoms with Gasteiger partial charge in [0.2, 0.25) is 17.7 Å². The lowest BCUT2D eigenvalue weighted by molar-refractivity contribution is -0.121. The van der Waals surface area contributed by atoms with E-state index < -0.39 is 0 Å². The fourth-order valence-corrected chi connectivity index (χ4v) is 3.80. The van der Waals surface area contributed by atoms with E-state index in [1.807, 2.05) is 4.90 Å². The van der Waals surface area contributed by atoms with E-state index in [9.17, 15) is 9.59 Å². The number of nitrogens with zero attached hydrogens (tertiary/aromatic N) is 3. The van der Waals surface area contributed by atoms with Crippen molar-refractivity contribution in [3.05, 3.63) is 17.7 Å². The van der Waals surface area contributed by atoms with Crippen molar-refractivity contribution in [1.29, 1.82) is 0 Å². The number of ether oxygens (including phenoxy) is 2. The topological polar surface area (TPSA) is 84.0 Å². The maximum Gasteiger partial charge on any atom is 0.259 e. The largest absolute Gasteiger partial charge is 0.481 e. The number of aromatic nitrogens is 1. The lowest BCUT2D eigenvalue weighted by Gasteiger charge is -2.49. The summed E-state index contributed by atoms with van der Waals surface area (Å²) in [4.78, 5) is 33.2. The van der Waals surface area contributed by atoms with E-state index in [1.165, 1.54) is 14.2 Å². The number of nitrogens with one attached hydrogen (secondary N) is 1. The SMILES string of the molecule is COc1ccc(C(=O)N2CCN(C)[C@]3(CCNC(=O)CC3)C2)c(OC)n1. The number of hydrogen-bond donors (Lipinski definition) is 1. The first-order chi connectivity index (χ1) is 12.5. The molecule has 26 heavy (non-hydrogen) atoms. The van der Waals surface area contributed by atoms with Crippen LogP contribution >= 0.6 is 0 Å². The van der Waals surface area contributed by atoms with Crippen LogP contribution < -0.4 is 14.8 Å². The van der Waals surface area contributed by atoms with Crippen LogP contribution in [0.25, 0.3) is 0 Å². The second-order valence-corrected chi connectivity index (χ2v) is 6.88. The summed E-state index contributed by atoms with van der Waals surface area (Å²) >= 11 is 0. The normalized spacial score (nSPS) is 24.1. The van der Waals surface area contributed by atoms with Gasteiger partial charge in [-0.15, -0.1) is 0 Å². The maximum atomic E-state index is 13.1. The standard InChI is InChI=1S/C18H26N4O4/c1-21-10-11-22(12-18(21)7-6-14(23)19-9-8-18)17(24)13-4-5-15(25-2)20-16(13)26-3/h4-5H,6-12H2,1-3H3,(H,19,23)/t18-/m1/s1. The third-order valence-corrected chi connectivity index (χ3v) is 5.49. The van der Waals surface area contributed by atoms with Crippen molar-refractivity contribution in [1.82, 2.24) is 20.1 Å². The number of methoxy groups -OCH3 is 2. The molecule has 1 aromatic heterocycles. The molecule has 0 aliphatic carbocycles. The summed E-state index contributed by atoms with van der Waals surface area (Å²) in [6.45, 7) is 2.63. The Morgan fingerprint density at radius 1 is 1.23 bits per heavy atom. The van der Waals surface area contributed by atoms with Gasteiger partial charge in [0.05, 0.1) is 14.2 Å². The van der Waals surface area contributed by atoms with E-state index in [0.29, 0.717) is 37.5 Å². The third kappa shape index (κ3) is 3.46. The summed E-state index contributed by atoms with van der Waals surface area (Å²) < 4.78 is 10.4. The van der Waals surface area contributed by atoms with E-state index in [4.69, 9.17) is 9.47 Å². The van der Waals surface area contributed by atoms with Gasteiger partial charge in [-0.05, 0) is 26.0 Å². The van der Waals surface area contributed by atoms with Gasteiger partial charge in [-0.3, -0.25) is 14.5 Å². The number of pyridine rings is 1. The van der Waals surface area contributed by atoms with Crippen LogP contribution in [0.4, 0.5) is 0 Å². The molecule has 0 bridgehead atoms. The average molecular weight is 362 g/mol. The predicted molar refractivity (Wildman–Crippen MR) is 95.5 cm³/mol. The lowest BCUT2D eigenvalue weighted by Crippen LogP contribution is -2.62. The quantitative estimate of drug-likeness (QED) is 0.844. The predicted octanol–water partition coefficient (Wildman–Crippen LogP) is 0.525. The fourth-order valence-electron chi connectivity index (χ4n) is 3.80. The molecule has 3 rings (SSSR count). The van der Waals surface area contributed by atoms with Crippen molar-refractivity contribution < 1.29 is 19.1 Å². The molecule has 2 fully saturated rings. The Kier molecular flexibility index (Phi) is 5.31. The second-order valence-electron chi connectivity index (χ2n) is 6.88. The zero-order chi connectivity index (χ0) is 18.7. The van der Waals surface area contributed by atoms with Crippen LogP contribution in [0.5, 0.6) is 11.8 Å². The monoisotopic (exact) mass is 362 g/mol. The molecule has 2 saturated heterocycles. The molecular formula is C18H26N4O4. The summed E-state index contributed by atoms with van der Waals surface area (Å²) in [7, 11) is 5.09. The molecular weight excluding hydrogens is 336 g/mol. The van der Waals surface area contributed by atoms with Gasteiger partial charge in [0, 0.05) is 44.2 Å². The molecule has 0 radical (unpaired) electrons. The highest BCUT2D eigenvalue weighted by Gasteiger charge is 2.42. The molecule has 0 saturated carbocycles. The average Bonchev–Trinajstić information content (AvgIpc) is 2.85. The van der Waals surface area contributed by atoms with Crippen LogP contribution in [0.2, 0.25) is 0 Å².